The predicted molar refractivity (Wildman–Crippen MR) is 82.5 cm³/mol. The number of benzene rings is 2. The Morgan fingerprint density at radius 1 is 0.905 bits per heavy atom. The molecule has 0 aliphatic carbocycles. The van der Waals surface area contributed by atoms with Gasteiger partial charge in [0.2, 0.25) is 0 Å². The lowest BCUT2D eigenvalue weighted by Crippen LogP contribution is -2.02. The van der Waals surface area contributed by atoms with Gasteiger partial charge in [-0.25, -0.2) is 4.39 Å². The number of nitrogens with one attached hydrogen (secondary N) is 1. The fraction of sp³-hybridized carbons (Fsp3) is 0.294. The number of halogens is 1. The Bertz CT molecular complexity index is 570. The van der Waals surface area contributed by atoms with Gasteiger partial charge in [0, 0.05) is 18.3 Å². The maximum Gasteiger partial charge on any atom is 0.163 e. The van der Waals surface area contributed by atoms with E-state index in [-0.39, 0.29) is 5.82 Å². The molecule has 0 aromatic heterocycles. The van der Waals surface area contributed by atoms with Crippen molar-refractivity contribution in [1.29, 1.82) is 0 Å². The van der Waals surface area contributed by atoms with E-state index in [1.54, 1.807) is 12.1 Å². The summed E-state index contributed by atoms with van der Waals surface area (Å²) in [6.45, 7) is 5.69. The Kier molecular flexibility index (Phi) is 5.43. The van der Waals surface area contributed by atoms with Gasteiger partial charge in [-0.1, -0.05) is 12.1 Å². The molecule has 0 heterocycles. The first kappa shape index (κ1) is 15.2. The van der Waals surface area contributed by atoms with Crippen LogP contribution >= 0.6 is 0 Å². The zero-order chi connectivity index (χ0) is 15.1. The fourth-order valence-corrected chi connectivity index (χ4v) is 1.97. The average molecular weight is 289 g/mol. The lowest BCUT2D eigenvalue weighted by atomic mass is 10.2. The molecule has 112 valence electrons. The molecule has 2 aromatic rings. The second-order valence-electron chi connectivity index (χ2n) is 4.51. The highest BCUT2D eigenvalue weighted by Crippen LogP contribution is 2.30. The predicted octanol–water partition coefficient (Wildman–Crippen LogP) is 4.24. The number of hydrogen-bond acceptors (Lipinski definition) is 3. The van der Waals surface area contributed by atoms with Gasteiger partial charge in [0.1, 0.15) is 5.82 Å². The van der Waals surface area contributed by atoms with Crippen molar-refractivity contribution in [3.63, 3.8) is 0 Å². The molecule has 1 N–H and O–H groups in total. The molecule has 4 heteroatoms. The molecule has 0 unspecified atom stereocenters. The van der Waals surface area contributed by atoms with E-state index in [2.05, 4.69) is 5.32 Å². The lowest BCUT2D eigenvalue weighted by molar-refractivity contribution is 0.288. The monoisotopic (exact) mass is 289 g/mol. The third-order valence-corrected chi connectivity index (χ3v) is 2.95. The van der Waals surface area contributed by atoms with Crippen molar-refractivity contribution in [2.45, 2.75) is 20.4 Å². The summed E-state index contributed by atoms with van der Waals surface area (Å²) in [7, 11) is 0. The summed E-state index contributed by atoms with van der Waals surface area (Å²) in [5.41, 5.74) is 1.95. The summed E-state index contributed by atoms with van der Waals surface area (Å²) in [5.74, 6) is 1.24. The molecule has 0 fully saturated rings. The molecule has 3 nitrogen and oxygen atoms in total. The Morgan fingerprint density at radius 3 is 2.24 bits per heavy atom. The second kappa shape index (κ2) is 7.53. The summed E-state index contributed by atoms with van der Waals surface area (Å²) in [6.07, 6.45) is 0. The molecular weight excluding hydrogens is 269 g/mol. The maximum absolute atomic E-state index is 12.9. The molecular formula is C17H20FNO2. The molecule has 0 spiro atoms. The Hall–Kier alpha value is -2.23. The number of rotatable bonds is 7. The third kappa shape index (κ3) is 4.38. The molecule has 0 atom stereocenters. The number of anilines is 1. The van der Waals surface area contributed by atoms with E-state index in [9.17, 15) is 4.39 Å². The quantitative estimate of drug-likeness (QED) is 0.827. The summed E-state index contributed by atoms with van der Waals surface area (Å²) in [5, 5.41) is 3.29. The van der Waals surface area contributed by atoms with Gasteiger partial charge in [-0.2, -0.15) is 0 Å². The Morgan fingerprint density at radius 2 is 1.57 bits per heavy atom. The fourth-order valence-electron chi connectivity index (χ4n) is 1.97. The van der Waals surface area contributed by atoms with Crippen LogP contribution in [0.4, 0.5) is 10.1 Å². The van der Waals surface area contributed by atoms with Gasteiger partial charge in [0.25, 0.3) is 0 Å². The first-order valence-corrected chi connectivity index (χ1v) is 7.11. The SMILES string of the molecule is CCOc1ccc(NCc2ccc(F)cc2)cc1OCC. The molecule has 2 rings (SSSR count). The van der Waals surface area contributed by atoms with Crippen molar-refractivity contribution < 1.29 is 13.9 Å². The van der Waals surface area contributed by atoms with Gasteiger partial charge < -0.3 is 14.8 Å². The molecule has 2 aromatic carbocycles. The van der Waals surface area contributed by atoms with Gasteiger partial charge in [-0.05, 0) is 43.7 Å². The summed E-state index contributed by atoms with van der Waals surface area (Å²) < 4.78 is 24.0. The molecule has 21 heavy (non-hydrogen) atoms. The van der Waals surface area contributed by atoms with E-state index >= 15 is 0 Å². The Balaban J connectivity index is 2.05. The van der Waals surface area contributed by atoms with Crippen LogP contribution in [-0.2, 0) is 6.54 Å². The van der Waals surface area contributed by atoms with Crippen LogP contribution in [0.1, 0.15) is 19.4 Å². The topological polar surface area (TPSA) is 30.5 Å². The van der Waals surface area contributed by atoms with E-state index in [0.717, 1.165) is 22.7 Å². The summed E-state index contributed by atoms with van der Waals surface area (Å²) in [4.78, 5) is 0. The molecule has 0 radical (unpaired) electrons. The van der Waals surface area contributed by atoms with E-state index in [1.165, 1.54) is 12.1 Å². The minimum atomic E-state index is -0.224. The first-order valence-electron chi connectivity index (χ1n) is 7.11. The van der Waals surface area contributed by atoms with Crippen LogP contribution in [0.3, 0.4) is 0 Å². The van der Waals surface area contributed by atoms with Gasteiger partial charge in [-0.15, -0.1) is 0 Å². The Labute approximate surface area is 124 Å². The number of hydrogen-bond donors (Lipinski definition) is 1. The van der Waals surface area contributed by atoms with Crippen LogP contribution in [-0.4, -0.2) is 13.2 Å². The van der Waals surface area contributed by atoms with Crippen LogP contribution in [0.15, 0.2) is 42.5 Å². The molecule has 0 aliphatic rings. The molecule has 0 aliphatic heterocycles. The maximum atomic E-state index is 12.9. The van der Waals surface area contributed by atoms with E-state index in [4.69, 9.17) is 9.47 Å². The van der Waals surface area contributed by atoms with E-state index in [1.807, 2.05) is 32.0 Å². The van der Waals surface area contributed by atoms with Crippen LogP contribution in [0.25, 0.3) is 0 Å². The summed E-state index contributed by atoms with van der Waals surface area (Å²) >= 11 is 0. The van der Waals surface area contributed by atoms with Crippen molar-refractivity contribution in [2.75, 3.05) is 18.5 Å². The van der Waals surface area contributed by atoms with Gasteiger partial charge in [0.05, 0.1) is 13.2 Å². The van der Waals surface area contributed by atoms with Crippen LogP contribution in [0, 0.1) is 5.82 Å². The third-order valence-electron chi connectivity index (χ3n) is 2.95. The zero-order valence-electron chi connectivity index (χ0n) is 12.4. The first-order chi connectivity index (χ1) is 10.2. The highest BCUT2D eigenvalue weighted by atomic mass is 19.1. The van der Waals surface area contributed by atoms with E-state index < -0.39 is 0 Å². The van der Waals surface area contributed by atoms with Crippen molar-refractivity contribution in [3.05, 3.63) is 53.8 Å². The minimum Gasteiger partial charge on any atom is -0.490 e. The lowest BCUT2D eigenvalue weighted by Gasteiger charge is -2.13. The van der Waals surface area contributed by atoms with Crippen molar-refractivity contribution >= 4 is 5.69 Å². The zero-order valence-corrected chi connectivity index (χ0v) is 12.4. The molecule has 0 amide bonds. The smallest absolute Gasteiger partial charge is 0.163 e. The highest BCUT2D eigenvalue weighted by molar-refractivity contribution is 5.55. The number of ether oxygens (including phenoxy) is 2. The molecule has 0 saturated heterocycles. The average Bonchev–Trinajstić information content (AvgIpc) is 2.49. The molecule has 0 saturated carbocycles. The van der Waals surface area contributed by atoms with Crippen LogP contribution in [0.5, 0.6) is 11.5 Å². The normalized spacial score (nSPS) is 10.2. The van der Waals surface area contributed by atoms with Crippen molar-refractivity contribution in [1.82, 2.24) is 0 Å². The van der Waals surface area contributed by atoms with Gasteiger partial charge >= 0.3 is 0 Å². The minimum absolute atomic E-state index is 0.224. The summed E-state index contributed by atoms with van der Waals surface area (Å²) in [6, 6.07) is 12.2. The van der Waals surface area contributed by atoms with E-state index in [0.29, 0.717) is 19.8 Å². The van der Waals surface area contributed by atoms with Crippen LogP contribution in [0.2, 0.25) is 0 Å². The largest absolute Gasteiger partial charge is 0.490 e. The van der Waals surface area contributed by atoms with Gasteiger partial charge in [-0.3, -0.25) is 0 Å². The van der Waals surface area contributed by atoms with Gasteiger partial charge in [0.15, 0.2) is 11.5 Å². The van der Waals surface area contributed by atoms with Crippen LogP contribution < -0.4 is 14.8 Å². The van der Waals surface area contributed by atoms with Crippen molar-refractivity contribution in [3.8, 4) is 11.5 Å². The molecule has 0 bridgehead atoms. The standard InChI is InChI=1S/C17H20FNO2/c1-3-20-16-10-9-15(11-17(16)21-4-2)19-12-13-5-7-14(18)8-6-13/h5-11,19H,3-4,12H2,1-2H3. The van der Waals surface area contributed by atoms with Crippen molar-refractivity contribution in [2.24, 2.45) is 0 Å². The second-order valence-corrected chi connectivity index (χ2v) is 4.51. The highest BCUT2D eigenvalue weighted by Gasteiger charge is 2.06.